The van der Waals surface area contributed by atoms with Crippen LogP contribution >= 0.6 is 0 Å². The Morgan fingerprint density at radius 2 is 2.22 bits per heavy atom. The lowest BCUT2D eigenvalue weighted by Crippen LogP contribution is -2.23. The third-order valence-corrected chi connectivity index (χ3v) is 4.94. The second-order valence-corrected chi connectivity index (χ2v) is 6.18. The molecule has 1 aliphatic carbocycles. The first-order valence-corrected chi connectivity index (χ1v) is 7.55. The average Bonchev–Trinajstić information content (AvgIpc) is 3.02. The molecule has 2 fully saturated rings. The maximum absolute atomic E-state index is 4.39. The van der Waals surface area contributed by atoms with E-state index in [1.807, 2.05) is 0 Å². The summed E-state index contributed by atoms with van der Waals surface area (Å²) in [5.74, 6) is 2.43. The molecule has 1 saturated heterocycles. The fourth-order valence-electron chi connectivity index (χ4n) is 3.65. The Labute approximate surface area is 110 Å². The third kappa shape index (κ3) is 2.46. The minimum Gasteiger partial charge on any atom is -0.334 e. The molecule has 3 unspecified atom stereocenters. The van der Waals surface area contributed by atoms with Crippen LogP contribution in [0.4, 0.5) is 0 Å². The lowest BCUT2D eigenvalue weighted by Gasteiger charge is -2.29. The Kier molecular flexibility index (Phi) is 3.69. The van der Waals surface area contributed by atoms with Crippen LogP contribution in [0, 0.1) is 11.8 Å². The number of nitrogens with zero attached hydrogens (tertiary/aromatic N) is 2. The monoisotopic (exact) mass is 247 g/mol. The van der Waals surface area contributed by atoms with Crippen LogP contribution in [0.15, 0.2) is 12.5 Å². The highest BCUT2D eigenvalue weighted by Crippen LogP contribution is 2.32. The second-order valence-electron chi connectivity index (χ2n) is 6.18. The summed E-state index contributed by atoms with van der Waals surface area (Å²) < 4.78 is 2.43. The van der Waals surface area contributed by atoms with Crippen molar-refractivity contribution in [3.05, 3.63) is 18.2 Å². The molecule has 1 N–H and O–H groups in total. The zero-order chi connectivity index (χ0) is 12.4. The molecule has 1 aromatic heterocycles. The van der Waals surface area contributed by atoms with Crippen LogP contribution in [0.5, 0.6) is 0 Å². The minimum absolute atomic E-state index is 0.686. The Morgan fingerprint density at radius 1 is 1.33 bits per heavy atom. The highest BCUT2D eigenvalue weighted by molar-refractivity contribution is 5.09. The van der Waals surface area contributed by atoms with Crippen LogP contribution in [0.25, 0.3) is 0 Å². The Balaban J connectivity index is 1.70. The minimum atomic E-state index is 0.686. The van der Waals surface area contributed by atoms with E-state index in [9.17, 15) is 0 Å². The fourth-order valence-corrected chi connectivity index (χ4v) is 3.65. The van der Waals surface area contributed by atoms with Gasteiger partial charge >= 0.3 is 0 Å². The second kappa shape index (κ2) is 5.43. The number of nitrogens with one attached hydrogen (secondary N) is 1. The molecule has 0 bridgehead atoms. The Hall–Kier alpha value is -0.830. The van der Waals surface area contributed by atoms with Crippen LogP contribution in [0.1, 0.15) is 50.6 Å². The van der Waals surface area contributed by atoms with E-state index >= 15 is 0 Å². The average molecular weight is 247 g/mol. The summed E-state index contributed by atoms with van der Waals surface area (Å²) in [5.41, 5.74) is 1.46. The molecular formula is C15H25N3. The molecule has 2 heterocycles. The maximum atomic E-state index is 4.39. The largest absolute Gasteiger partial charge is 0.334 e. The van der Waals surface area contributed by atoms with Crippen molar-refractivity contribution in [3.63, 3.8) is 0 Å². The quantitative estimate of drug-likeness (QED) is 0.890. The van der Waals surface area contributed by atoms with Crippen molar-refractivity contribution in [1.82, 2.24) is 14.9 Å². The molecular weight excluding hydrogens is 222 g/mol. The summed E-state index contributed by atoms with van der Waals surface area (Å²) in [7, 11) is 0. The SMILES string of the molecule is CC1CCCCC1Cn1cncc1C1CCNC1. The highest BCUT2D eigenvalue weighted by atomic mass is 15.1. The zero-order valence-corrected chi connectivity index (χ0v) is 11.4. The summed E-state index contributed by atoms with van der Waals surface area (Å²) >= 11 is 0. The molecule has 1 saturated carbocycles. The lowest BCUT2D eigenvalue weighted by molar-refractivity contribution is 0.226. The van der Waals surface area contributed by atoms with Gasteiger partial charge in [0, 0.05) is 30.9 Å². The number of rotatable bonds is 3. The molecule has 0 radical (unpaired) electrons. The molecule has 1 aromatic rings. The summed E-state index contributed by atoms with van der Waals surface area (Å²) in [6.45, 7) is 5.91. The van der Waals surface area contributed by atoms with Crippen molar-refractivity contribution >= 4 is 0 Å². The fraction of sp³-hybridized carbons (Fsp3) is 0.800. The molecule has 0 aromatic carbocycles. The van der Waals surface area contributed by atoms with E-state index in [0.717, 1.165) is 24.9 Å². The van der Waals surface area contributed by atoms with Crippen molar-refractivity contribution in [2.24, 2.45) is 11.8 Å². The van der Waals surface area contributed by atoms with Crippen LogP contribution in [-0.4, -0.2) is 22.6 Å². The van der Waals surface area contributed by atoms with Gasteiger partial charge < -0.3 is 9.88 Å². The summed E-state index contributed by atoms with van der Waals surface area (Å²) in [5, 5.41) is 3.46. The van der Waals surface area contributed by atoms with E-state index in [0.29, 0.717) is 5.92 Å². The lowest BCUT2D eigenvalue weighted by atomic mass is 9.80. The van der Waals surface area contributed by atoms with Gasteiger partial charge in [0.05, 0.1) is 6.33 Å². The smallest absolute Gasteiger partial charge is 0.0948 e. The first-order valence-electron chi connectivity index (χ1n) is 7.55. The first-order chi connectivity index (χ1) is 8.84. The Morgan fingerprint density at radius 3 is 3.00 bits per heavy atom. The predicted molar refractivity (Wildman–Crippen MR) is 73.6 cm³/mol. The van der Waals surface area contributed by atoms with Crippen molar-refractivity contribution in [2.75, 3.05) is 13.1 Å². The molecule has 3 nitrogen and oxygen atoms in total. The molecule has 3 atom stereocenters. The molecule has 3 heteroatoms. The van der Waals surface area contributed by atoms with E-state index in [1.54, 1.807) is 0 Å². The summed E-state index contributed by atoms with van der Waals surface area (Å²) in [4.78, 5) is 4.39. The van der Waals surface area contributed by atoms with Crippen molar-refractivity contribution < 1.29 is 0 Å². The van der Waals surface area contributed by atoms with Gasteiger partial charge in [0.2, 0.25) is 0 Å². The van der Waals surface area contributed by atoms with E-state index in [1.165, 1.54) is 44.3 Å². The van der Waals surface area contributed by atoms with Crippen molar-refractivity contribution in [1.29, 1.82) is 0 Å². The van der Waals surface area contributed by atoms with Gasteiger partial charge in [-0.1, -0.05) is 26.2 Å². The number of hydrogen-bond acceptors (Lipinski definition) is 2. The van der Waals surface area contributed by atoms with Gasteiger partial charge in [-0.15, -0.1) is 0 Å². The van der Waals surface area contributed by atoms with Crippen molar-refractivity contribution in [3.8, 4) is 0 Å². The van der Waals surface area contributed by atoms with E-state index < -0.39 is 0 Å². The van der Waals surface area contributed by atoms with Gasteiger partial charge in [0.15, 0.2) is 0 Å². The van der Waals surface area contributed by atoms with Gasteiger partial charge in [-0.2, -0.15) is 0 Å². The van der Waals surface area contributed by atoms with Crippen LogP contribution in [0.2, 0.25) is 0 Å². The van der Waals surface area contributed by atoms with Crippen LogP contribution in [-0.2, 0) is 6.54 Å². The molecule has 3 rings (SSSR count). The first kappa shape index (κ1) is 12.2. The van der Waals surface area contributed by atoms with E-state index in [4.69, 9.17) is 0 Å². The number of aromatic nitrogens is 2. The van der Waals surface area contributed by atoms with Gasteiger partial charge in [-0.3, -0.25) is 0 Å². The van der Waals surface area contributed by atoms with E-state index in [-0.39, 0.29) is 0 Å². The number of imidazole rings is 1. The van der Waals surface area contributed by atoms with Crippen LogP contribution < -0.4 is 5.32 Å². The maximum Gasteiger partial charge on any atom is 0.0948 e. The molecule has 0 amide bonds. The topological polar surface area (TPSA) is 29.9 Å². The molecule has 0 spiro atoms. The van der Waals surface area contributed by atoms with Gasteiger partial charge in [0.25, 0.3) is 0 Å². The standard InChI is InChI=1S/C15H25N3/c1-12-4-2-3-5-14(12)10-18-11-17-9-15(18)13-6-7-16-8-13/h9,11-14,16H,2-8,10H2,1H3. The molecule has 1 aliphatic heterocycles. The third-order valence-electron chi connectivity index (χ3n) is 4.94. The normalized spacial score (nSPS) is 32.8. The van der Waals surface area contributed by atoms with Gasteiger partial charge in [-0.05, 0) is 31.2 Å². The Bertz CT molecular complexity index is 379. The zero-order valence-electron chi connectivity index (χ0n) is 11.4. The van der Waals surface area contributed by atoms with E-state index in [2.05, 4.69) is 34.3 Å². The van der Waals surface area contributed by atoms with Gasteiger partial charge in [0.1, 0.15) is 0 Å². The molecule has 2 aliphatic rings. The predicted octanol–water partition coefficient (Wildman–Crippen LogP) is 2.79. The molecule has 18 heavy (non-hydrogen) atoms. The van der Waals surface area contributed by atoms with Crippen molar-refractivity contribution in [2.45, 2.75) is 51.5 Å². The molecule has 100 valence electrons. The van der Waals surface area contributed by atoms with Gasteiger partial charge in [-0.25, -0.2) is 4.98 Å². The summed E-state index contributed by atoms with van der Waals surface area (Å²) in [6, 6.07) is 0. The summed E-state index contributed by atoms with van der Waals surface area (Å²) in [6.07, 6.45) is 11.1. The number of hydrogen-bond donors (Lipinski definition) is 1. The van der Waals surface area contributed by atoms with Crippen LogP contribution in [0.3, 0.4) is 0 Å². The highest BCUT2D eigenvalue weighted by Gasteiger charge is 2.25.